The lowest BCUT2D eigenvalue weighted by Gasteiger charge is -2.13. The second-order valence-corrected chi connectivity index (χ2v) is 5.72. The van der Waals surface area contributed by atoms with E-state index < -0.39 is 0 Å². The highest BCUT2D eigenvalue weighted by atomic mass is 35.5. The van der Waals surface area contributed by atoms with Crippen molar-refractivity contribution >= 4 is 11.6 Å². The van der Waals surface area contributed by atoms with Crippen molar-refractivity contribution in [3.63, 3.8) is 0 Å². The van der Waals surface area contributed by atoms with Gasteiger partial charge in [-0.05, 0) is 44.0 Å². The smallest absolute Gasteiger partial charge is 0.0944 e. The predicted molar refractivity (Wildman–Crippen MR) is 86.0 cm³/mol. The maximum atomic E-state index is 5.96. The van der Waals surface area contributed by atoms with Crippen LogP contribution >= 0.6 is 11.6 Å². The van der Waals surface area contributed by atoms with Gasteiger partial charge in [0.15, 0.2) is 0 Å². The number of aryl methyl sites for hydroxylation is 3. The zero-order chi connectivity index (χ0) is 15.0. The molecule has 0 N–H and O–H groups in total. The first-order chi connectivity index (χ1) is 10.1. The topological polar surface area (TPSA) is 30.7 Å². The molecule has 0 saturated heterocycles. The first kappa shape index (κ1) is 13.8. The van der Waals surface area contributed by atoms with Gasteiger partial charge in [0.25, 0.3) is 0 Å². The summed E-state index contributed by atoms with van der Waals surface area (Å²) >= 11 is 5.96. The Morgan fingerprint density at radius 3 is 2.19 bits per heavy atom. The zero-order valence-electron chi connectivity index (χ0n) is 12.3. The van der Waals surface area contributed by atoms with E-state index >= 15 is 0 Å². The Labute approximate surface area is 129 Å². The molecule has 0 amide bonds. The molecule has 3 aromatic rings. The van der Waals surface area contributed by atoms with E-state index in [1.165, 1.54) is 16.7 Å². The fourth-order valence-corrected chi connectivity index (χ4v) is 2.85. The van der Waals surface area contributed by atoms with Crippen molar-refractivity contribution in [2.24, 2.45) is 0 Å². The van der Waals surface area contributed by atoms with Crippen LogP contribution in [-0.4, -0.2) is 15.0 Å². The summed E-state index contributed by atoms with van der Waals surface area (Å²) in [6, 6.07) is 12.0. The number of aromatic nitrogens is 3. The molecular weight excluding hydrogens is 282 g/mol. The SMILES string of the molecule is Cc1cc(C)c(-n2nncc2-c2ccc(Cl)cc2)c(C)c1. The van der Waals surface area contributed by atoms with Gasteiger partial charge in [0.2, 0.25) is 0 Å². The molecule has 0 aliphatic heterocycles. The molecule has 3 rings (SSSR count). The molecule has 0 aliphatic carbocycles. The van der Waals surface area contributed by atoms with Crippen LogP contribution in [0.3, 0.4) is 0 Å². The maximum Gasteiger partial charge on any atom is 0.0944 e. The summed E-state index contributed by atoms with van der Waals surface area (Å²) < 4.78 is 1.90. The number of rotatable bonds is 2. The van der Waals surface area contributed by atoms with Gasteiger partial charge in [-0.2, -0.15) is 0 Å². The van der Waals surface area contributed by atoms with E-state index in [0.29, 0.717) is 0 Å². The maximum absolute atomic E-state index is 5.96. The van der Waals surface area contributed by atoms with E-state index in [-0.39, 0.29) is 0 Å². The summed E-state index contributed by atoms with van der Waals surface area (Å²) in [4.78, 5) is 0. The van der Waals surface area contributed by atoms with E-state index in [1.54, 1.807) is 6.20 Å². The van der Waals surface area contributed by atoms with E-state index in [2.05, 4.69) is 43.2 Å². The van der Waals surface area contributed by atoms with Crippen LogP contribution in [0.15, 0.2) is 42.6 Å². The minimum absolute atomic E-state index is 0.723. The Kier molecular flexibility index (Phi) is 3.52. The third kappa shape index (κ3) is 2.57. The normalized spacial score (nSPS) is 10.9. The summed E-state index contributed by atoms with van der Waals surface area (Å²) in [6.07, 6.45) is 1.78. The van der Waals surface area contributed by atoms with E-state index in [1.807, 2.05) is 28.9 Å². The van der Waals surface area contributed by atoms with Gasteiger partial charge in [-0.3, -0.25) is 0 Å². The van der Waals surface area contributed by atoms with Crippen LogP contribution in [0.5, 0.6) is 0 Å². The summed E-state index contributed by atoms with van der Waals surface area (Å²) in [6.45, 7) is 6.30. The molecule has 3 nitrogen and oxygen atoms in total. The van der Waals surface area contributed by atoms with Crippen molar-refractivity contribution in [3.8, 4) is 16.9 Å². The lowest BCUT2D eigenvalue weighted by Crippen LogP contribution is -2.04. The van der Waals surface area contributed by atoms with Crippen LogP contribution in [0, 0.1) is 20.8 Å². The van der Waals surface area contributed by atoms with E-state index in [9.17, 15) is 0 Å². The second-order valence-electron chi connectivity index (χ2n) is 5.29. The van der Waals surface area contributed by atoms with Crippen molar-refractivity contribution in [1.29, 1.82) is 0 Å². The summed E-state index contributed by atoms with van der Waals surface area (Å²) in [7, 11) is 0. The molecule has 0 saturated carbocycles. The minimum Gasteiger partial charge on any atom is -0.212 e. The van der Waals surface area contributed by atoms with Gasteiger partial charge in [-0.1, -0.05) is 46.6 Å². The molecule has 0 fully saturated rings. The van der Waals surface area contributed by atoms with Gasteiger partial charge in [0.1, 0.15) is 0 Å². The van der Waals surface area contributed by atoms with Crippen LogP contribution in [0.2, 0.25) is 5.02 Å². The first-order valence-corrected chi connectivity index (χ1v) is 7.19. The van der Waals surface area contributed by atoms with Crippen molar-refractivity contribution < 1.29 is 0 Å². The number of hydrogen-bond acceptors (Lipinski definition) is 2. The van der Waals surface area contributed by atoms with Crippen molar-refractivity contribution in [3.05, 3.63) is 64.3 Å². The highest BCUT2D eigenvalue weighted by Crippen LogP contribution is 2.27. The van der Waals surface area contributed by atoms with Gasteiger partial charge in [0, 0.05) is 10.6 Å². The predicted octanol–water partition coefficient (Wildman–Crippen LogP) is 4.51. The molecule has 0 atom stereocenters. The molecular formula is C17H16ClN3. The van der Waals surface area contributed by atoms with Crippen LogP contribution in [-0.2, 0) is 0 Å². The van der Waals surface area contributed by atoms with Gasteiger partial charge in [-0.25, -0.2) is 4.68 Å². The largest absolute Gasteiger partial charge is 0.212 e. The van der Waals surface area contributed by atoms with E-state index in [0.717, 1.165) is 22.0 Å². The van der Waals surface area contributed by atoms with E-state index in [4.69, 9.17) is 11.6 Å². The Bertz CT molecular complexity index is 765. The van der Waals surface area contributed by atoms with Crippen molar-refractivity contribution in [1.82, 2.24) is 15.0 Å². The third-order valence-corrected chi connectivity index (χ3v) is 3.79. The van der Waals surface area contributed by atoms with Crippen molar-refractivity contribution in [2.75, 3.05) is 0 Å². The Morgan fingerprint density at radius 2 is 1.57 bits per heavy atom. The van der Waals surface area contributed by atoms with Crippen LogP contribution in [0.4, 0.5) is 0 Å². The Morgan fingerprint density at radius 1 is 0.952 bits per heavy atom. The number of benzene rings is 2. The standard InChI is InChI=1S/C17H16ClN3/c1-11-8-12(2)17(13(3)9-11)21-16(10-19-20-21)14-4-6-15(18)7-5-14/h4-10H,1-3H3. The van der Waals surface area contributed by atoms with Crippen molar-refractivity contribution in [2.45, 2.75) is 20.8 Å². The molecule has 0 radical (unpaired) electrons. The molecule has 1 heterocycles. The lowest BCUT2D eigenvalue weighted by atomic mass is 10.0. The molecule has 0 spiro atoms. The second kappa shape index (κ2) is 5.34. The highest BCUT2D eigenvalue weighted by molar-refractivity contribution is 6.30. The average Bonchev–Trinajstić information content (AvgIpc) is 2.87. The molecule has 0 bridgehead atoms. The lowest BCUT2D eigenvalue weighted by molar-refractivity contribution is 0.798. The number of halogens is 1. The van der Waals surface area contributed by atoms with Gasteiger partial charge in [0.05, 0.1) is 17.6 Å². The average molecular weight is 298 g/mol. The van der Waals surface area contributed by atoms with Gasteiger partial charge >= 0.3 is 0 Å². The fraction of sp³-hybridized carbons (Fsp3) is 0.176. The molecule has 1 aromatic heterocycles. The van der Waals surface area contributed by atoms with Crippen LogP contribution in [0.25, 0.3) is 16.9 Å². The highest BCUT2D eigenvalue weighted by Gasteiger charge is 2.13. The zero-order valence-corrected chi connectivity index (χ0v) is 13.0. The number of hydrogen-bond donors (Lipinski definition) is 0. The first-order valence-electron chi connectivity index (χ1n) is 6.81. The fourth-order valence-electron chi connectivity index (χ4n) is 2.72. The quantitative estimate of drug-likeness (QED) is 0.696. The Hall–Kier alpha value is -2.13. The summed E-state index contributed by atoms with van der Waals surface area (Å²) in [5.74, 6) is 0. The third-order valence-electron chi connectivity index (χ3n) is 3.54. The molecule has 4 heteroatoms. The minimum atomic E-state index is 0.723. The van der Waals surface area contributed by atoms with Gasteiger partial charge in [-0.15, -0.1) is 5.10 Å². The monoisotopic (exact) mass is 297 g/mol. The molecule has 21 heavy (non-hydrogen) atoms. The molecule has 0 unspecified atom stereocenters. The van der Waals surface area contributed by atoms with Gasteiger partial charge < -0.3 is 0 Å². The number of nitrogens with zero attached hydrogens (tertiary/aromatic N) is 3. The summed E-state index contributed by atoms with van der Waals surface area (Å²) in [5, 5.41) is 9.07. The van der Waals surface area contributed by atoms with Crippen LogP contribution < -0.4 is 0 Å². The summed E-state index contributed by atoms with van der Waals surface area (Å²) in [5.41, 5.74) is 6.72. The molecule has 106 valence electrons. The molecule has 0 aliphatic rings. The van der Waals surface area contributed by atoms with Crippen LogP contribution in [0.1, 0.15) is 16.7 Å². The molecule has 2 aromatic carbocycles. The Balaban J connectivity index is 2.18.